The fraction of sp³-hybridized carbons (Fsp3) is 0.769. The molecule has 0 N–H and O–H groups in total. The third-order valence-corrected chi connectivity index (χ3v) is 3.92. The van der Waals surface area contributed by atoms with Crippen molar-refractivity contribution in [3.8, 4) is 0 Å². The van der Waals surface area contributed by atoms with Crippen molar-refractivity contribution in [1.29, 1.82) is 0 Å². The van der Waals surface area contributed by atoms with Crippen molar-refractivity contribution in [2.45, 2.75) is 52.6 Å². The molecule has 0 spiro atoms. The highest BCUT2D eigenvalue weighted by atomic mass is 79.9. The number of aromatic nitrogens is 2. The zero-order valence-electron chi connectivity index (χ0n) is 11.1. The van der Waals surface area contributed by atoms with Crippen molar-refractivity contribution in [2.75, 3.05) is 6.61 Å². The molecule has 0 saturated heterocycles. The standard InChI is InChI=1S/C13H23BrN2O/c1-4-5-6-7-8-9-17-10-12-13(14)11(2)15-16(12)3/h4-10H2,1-3H3. The second-order valence-corrected chi connectivity index (χ2v) is 5.23. The second-order valence-electron chi connectivity index (χ2n) is 4.44. The summed E-state index contributed by atoms with van der Waals surface area (Å²) in [7, 11) is 1.96. The van der Waals surface area contributed by atoms with Gasteiger partial charge in [0.1, 0.15) is 0 Å². The Bertz CT molecular complexity index is 336. The monoisotopic (exact) mass is 302 g/mol. The Morgan fingerprint density at radius 3 is 2.53 bits per heavy atom. The molecule has 0 bridgehead atoms. The molecule has 0 aromatic carbocycles. The van der Waals surface area contributed by atoms with E-state index in [1.54, 1.807) is 0 Å². The highest BCUT2D eigenvalue weighted by Crippen LogP contribution is 2.20. The van der Waals surface area contributed by atoms with E-state index in [-0.39, 0.29) is 0 Å². The van der Waals surface area contributed by atoms with E-state index < -0.39 is 0 Å². The molecule has 1 heterocycles. The van der Waals surface area contributed by atoms with Crippen LogP contribution in [0.3, 0.4) is 0 Å². The van der Waals surface area contributed by atoms with Crippen LogP contribution in [0.25, 0.3) is 0 Å². The van der Waals surface area contributed by atoms with Crippen molar-refractivity contribution in [3.63, 3.8) is 0 Å². The molecule has 98 valence electrons. The molecule has 0 unspecified atom stereocenters. The number of hydrogen-bond donors (Lipinski definition) is 0. The van der Waals surface area contributed by atoms with E-state index in [1.807, 2.05) is 18.7 Å². The van der Waals surface area contributed by atoms with Gasteiger partial charge in [0, 0.05) is 13.7 Å². The van der Waals surface area contributed by atoms with Crippen molar-refractivity contribution < 1.29 is 4.74 Å². The maximum absolute atomic E-state index is 5.68. The number of ether oxygens (including phenoxy) is 1. The van der Waals surface area contributed by atoms with E-state index >= 15 is 0 Å². The Labute approximate surface area is 113 Å². The lowest BCUT2D eigenvalue weighted by Gasteiger charge is -2.05. The van der Waals surface area contributed by atoms with E-state index in [0.29, 0.717) is 6.61 Å². The largest absolute Gasteiger partial charge is 0.375 e. The molecular weight excluding hydrogens is 280 g/mol. The summed E-state index contributed by atoms with van der Waals surface area (Å²) in [4.78, 5) is 0. The maximum Gasteiger partial charge on any atom is 0.0896 e. The molecule has 0 amide bonds. The summed E-state index contributed by atoms with van der Waals surface area (Å²) in [5.41, 5.74) is 2.14. The van der Waals surface area contributed by atoms with E-state index in [2.05, 4.69) is 28.0 Å². The fourth-order valence-electron chi connectivity index (χ4n) is 1.81. The average Bonchev–Trinajstić information content (AvgIpc) is 2.54. The van der Waals surface area contributed by atoms with Crippen molar-refractivity contribution in [3.05, 3.63) is 15.9 Å². The summed E-state index contributed by atoms with van der Waals surface area (Å²) in [6.07, 6.45) is 6.40. The zero-order valence-corrected chi connectivity index (χ0v) is 12.7. The molecule has 0 aliphatic heterocycles. The Kier molecular flexibility index (Phi) is 6.82. The van der Waals surface area contributed by atoms with Crippen molar-refractivity contribution in [1.82, 2.24) is 9.78 Å². The van der Waals surface area contributed by atoms with E-state index in [9.17, 15) is 0 Å². The van der Waals surface area contributed by atoms with Crippen LogP contribution in [0.4, 0.5) is 0 Å². The molecule has 0 aliphatic carbocycles. The molecule has 0 atom stereocenters. The molecule has 0 saturated carbocycles. The predicted molar refractivity (Wildman–Crippen MR) is 74.1 cm³/mol. The molecule has 0 radical (unpaired) electrons. The third-order valence-electron chi connectivity index (χ3n) is 2.89. The molecule has 1 rings (SSSR count). The molecule has 4 heteroatoms. The number of nitrogens with zero attached hydrogens (tertiary/aromatic N) is 2. The Balaban J connectivity index is 2.18. The summed E-state index contributed by atoms with van der Waals surface area (Å²) in [5.74, 6) is 0. The summed E-state index contributed by atoms with van der Waals surface area (Å²) in [5, 5.41) is 4.34. The maximum atomic E-state index is 5.68. The van der Waals surface area contributed by atoms with Gasteiger partial charge in [0.05, 0.1) is 22.5 Å². The van der Waals surface area contributed by atoms with Crippen LogP contribution >= 0.6 is 15.9 Å². The van der Waals surface area contributed by atoms with E-state index in [4.69, 9.17) is 4.74 Å². The predicted octanol–water partition coefficient (Wildman–Crippen LogP) is 3.98. The summed E-state index contributed by atoms with van der Waals surface area (Å²) < 4.78 is 8.64. The van der Waals surface area contributed by atoms with Crippen LogP contribution in [-0.4, -0.2) is 16.4 Å². The number of halogens is 1. The number of hydrogen-bond acceptors (Lipinski definition) is 2. The minimum absolute atomic E-state index is 0.645. The lowest BCUT2D eigenvalue weighted by Crippen LogP contribution is -2.02. The van der Waals surface area contributed by atoms with E-state index in [1.165, 1.54) is 25.7 Å². The van der Waals surface area contributed by atoms with Crippen molar-refractivity contribution in [2.24, 2.45) is 7.05 Å². The average molecular weight is 303 g/mol. The molecule has 1 aromatic heterocycles. The highest BCUT2D eigenvalue weighted by molar-refractivity contribution is 9.10. The van der Waals surface area contributed by atoms with Gasteiger partial charge in [-0.15, -0.1) is 0 Å². The number of aryl methyl sites for hydroxylation is 2. The Morgan fingerprint density at radius 1 is 1.24 bits per heavy atom. The first-order chi connectivity index (χ1) is 8.16. The van der Waals surface area contributed by atoms with Gasteiger partial charge in [-0.3, -0.25) is 4.68 Å². The summed E-state index contributed by atoms with van der Waals surface area (Å²) >= 11 is 3.54. The Morgan fingerprint density at radius 2 is 1.94 bits per heavy atom. The summed E-state index contributed by atoms with van der Waals surface area (Å²) in [6, 6.07) is 0. The Hall–Kier alpha value is -0.350. The SMILES string of the molecule is CCCCCCCOCc1c(Br)c(C)nn1C. The molecule has 1 aromatic rings. The van der Waals surface area contributed by atoms with Gasteiger partial charge in [-0.05, 0) is 29.3 Å². The van der Waals surface area contributed by atoms with Crippen LogP contribution in [-0.2, 0) is 18.4 Å². The first-order valence-electron chi connectivity index (χ1n) is 6.42. The topological polar surface area (TPSA) is 27.1 Å². The van der Waals surface area contributed by atoms with Gasteiger partial charge in [0.2, 0.25) is 0 Å². The van der Waals surface area contributed by atoms with E-state index in [0.717, 1.165) is 28.9 Å². The molecule has 3 nitrogen and oxygen atoms in total. The number of unbranched alkanes of at least 4 members (excludes halogenated alkanes) is 4. The first-order valence-corrected chi connectivity index (χ1v) is 7.21. The van der Waals surface area contributed by atoms with Gasteiger partial charge in [-0.1, -0.05) is 32.6 Å². The number of rotatable bonds is 8. The highest BCUT2D eigenvalue weighted by Gasteiger charge is 2.09. The zero-order chi connectivity index (χ0) is 12.7. The fourth-order valence-corrected chi connectivity index (χ4v) is 2.26. The van der Waals surface area contributed by atoms with Gasteiger partial charge < -0.3 is 4.74 Å². The lowest BCUT2D eigenvalue weighted by atomic mass is 10.2. The molecular formula is C13H23BrN2O. The third kappa shape index (κ3) is 4.80. The van der Waals surface area contributed by atoms with Gasteiger partial charge in [0.15, 0.2) is 0 Å². The van der Waals surface area contributed by atoms with Crippen LogP contribution in [0.15, 0.2) is 4.47 Å². The van der Waals surface area contributed by atoms with Crippen LogP contribution in [0.1, 0.15) is 50.4 Å². The summed E-state index contributed by atoms with van der Waals surface area (Å²) in [6.45, 7) is 5.73. The molecule has 0 aliphatic rings. The lowest BCUT2D eigenvalue weighted by molar-refractivity contribution is 0.111. The van der Waals surface area contributed by atoms with Crippen LogP contribution in [0, 0.1) is 6.92 Å². The van der Waals surface area contributed by atoms with Gasteiger partial charge >= 0.3 is 0 Å². The smallest absolute Gasteiger partial charge is 0.0896 e. The van der Waals surface area contributed by atoms with Crippen LogP contribution in [0.2, 0.25) is 0 Å². The molecule has 0 fully saturated rings. The van der Waals surface area contributed by atoms with Gasteiger partial charge in [-0.25, -0.2) is 0 Å². The minimum atomic E-state index is 0.645. The van der Waals surface area contributed by atoms with Gasteiger partial charge in [-0.2, -0.15) is 5.10 Å². The van der Waals surface area contributed by atoms with Gasteiger partial charge in [0.25, 0.3) is 0 Å². The minimum Gasteiger partial charge on any atom is -0.375 e. The van der Waals surface area contributed by atoms with Crippen LogP contribution in [0.5, 0.6) is 0 Å². The quantitative estimate of drug-likeness (QED) is 0.679. The second kappa shape index (κ2) is 7.88. The normalized spacial score (nSPS) is 11.1. The van der Waals surface area contributed by atoms with Crippen molar-refractivity contribution >= 4 is 15.9 Å². The molecule has 17 heavy (non-hydrogen) atoms. The van der Waals surface area contributed by atoms with Crippen LogP contribution < -0.4 is 0 Å². The first kappa shape index (κ1) is 14.7.